The van der Waals surface area contributed by atoms with Crippen LogP contribution < -0.4 is 5.32 Å². The van der Waals surface area contributed by atoms with Gasteiger partial charge in [0.05, 0.1) is 28.1 Å². The number of nitrogens with one attached hydrogen (secondary N) is 1. The maximum absolute atomic E-state index is 12.7. The summed E-state index contributed by atoms with van der Waals surface area (Å²) in [6.45, 7) is 6.24. The lowest BCUT2D eigenvalue weighted by molar-refractivity contribution is -0.121. The lowest BCUT2D eigenvalue weighted by Crippen LogP contribution is -2.29. The van der Waals surface area contributed by atoms with Crippen LogP contribution in [0.3, 0.4) is 0 Å². The van der Waals surface area contributed by atoms with Gasteiger partial charge in [-0.05, 0) is 51.1 Å². The van der Waals surface area contributed by atoms with E-state index in [0.29, 0.717) is 17.9 Å². The minimum atomic E-state index is -0.188. The fraction of sp³-hybridized carbons (Fsp3) is 0.348. The molecule has 30 heavy (non-hydrogen) atoms. The second-order valence-electron chi connectivity index (χ2n) is 7.93. The van der Waals surface area contributed by atoms with E-state index in [4.69, 9.17) is 16.6 Å². The Bertz CT molecular complexity index is 1220. The molecule has 0 spiro atoms. The Morgan fingerprint density at radius 1 is 1.07 bits per heavy atom. The summed E-state index contributed by atoms with van der Waals surface area (Å²) in [5.41, 5.74) is 3.89. The second-order valence-corrected chi connectivity index (χ2v) is 8.37. The van der Waals surface area contributed by atoms with E-state index in [9.17, 15) is 4.79 Å². The molecule has 4 aromatic rings. The van der Waals surface area contributed by atoms with E-state index in [-0.39, 0.29) is 18.0 Å². The van der Waals surface area contributed by atoms with Gasteiger partial charge in [-0.15, -0.1) is 0 Å². The molecule has 0 aliphatic carbocycles. The van der Waals surface area contributed by atoms with Crippen LogP contribution in [0, 0.1) is 0 Å². The summed E-state index contributed by atoms with van der Waals surface area (Å²) in [5.74, 6) is 1.72. The highest BCUT2D eigenvalue weighted by atomic mass is 35.5. The summed E-state index contributed by atoms with van der Waals surface area (Å²) in [7, 11) is 1.96. The van der Waals surface area contributed by atoms with Crippen LogP contribution in [-0.4, -0.2) is 25.0 Å². The van der Waals surface area contributed by atoms with Crippen LogP contribution >= 0.6 is 11.6 Å². The zero-order valence-corrected chi connectivity index (χ0v) is 18.4. The van der Waals surface area contributed by atoms with E-state index >= 15 is 0 Å². The maximum Gasteiger partial charge on any atom is 0.221 e. The number of aromatic nitrogens is 4. The molecule has 6 nitrogen and oxygen atoms in total. The number of amides is 1. The Hall–Kier alpha value is -2.86. The van der Waals surface area contributed by atoms with Crippen molar-refractivity contribution in [1.29, 1.82) is 0 Å². The topological polar surface area (TPSA) is 64.7 Å². The summed E-state index contributed by atoms with van der Waals surface area (Å²) < 4.78 is 4.20. The SMILES string of the molecule is CC(C)n1c([C@@H](C)NC(=O)CCc2nc3cc(Cl)ccc3n2C)nc2ccccc21. The average molecular weight is 424 g/mol. The van der Waals surface area contributed by atoms with Gasteiger partial charge < -0.3 is 14.5 Å². The molecule has 0 bridgehead atoms. The van der Waals surface area contributed by atoms with Gasteiger partial charge in [-0.3, -0.25) is 4.79 Å². The number of fused-ring (bicyclic) bond motifs is 2. The number of rotatable bonds is 6. The predicted octanol–water partition coefficient (Wildman–Crippen LogP) is 4.97. The van der Waals surface area contributed by atoms with Crippen molar-refractivity contribution in [2.75, 3.05) is 0 Å². The molecule has 0 fully saturated rings. The van der Waals surface area contributed by atoms with Crippen LogP contribution in [0.4, 0.5) is 0 Å². The van der Waals surface area contributed by atoms with Crippen molar-refractivity contribution in [3.05, 3.63) is 59.1 Å². The molecule has 4 rings (SSSR count). The highest BCUT2D eigenvalue weighted by Gasteiger charge is 2.20. The van der Waals surface area contributed by atoms with Crippen LogP contribution in [0.1, 0.15) is 50.9 Å². The number of hydrogen-bond acceptors (Lipinski definition) is 3. The van der Waals surface area contributed by atoms with E-state index in [0.717, 1.165) is 33.7 Å². The molecule has 0 aliphatic rings. The number of imidazole rings is 2. The molecule has 2 aromatic heterocycles. The minimum absolute atomic E-state index is 0.0186. The molecule has 0 radical (unpaired) electrons. The molecule has 0 saturated carbocycles. The molecule has 7 heteroatoms. The van der Waals surface area contributed by atoms with Gasteiger partial charge in [0.25, 0.3) is 0 Å². The van der Waals surface area contributed by atoms with Crippen molar-refractivity contribution in [2.24, 2.45) is 7.05 Å². The summed E-state index contributed by atoms with van der Waals surface area (Å²) in [6, 6.07) is 13.8. The van der Waals surface area contributed by atoms with Gasteiger partial charge in [0.2, 0.25) is 5.91 Å². The number of halogens is 1. The van der Waals surface area contributed by atoms with Gasteiger partial charge in [-0.1, -0.05) is 23.7 Å². The molecule has 1 atom stereocenters. The molecule has 0 aliphatic heterocycles. The van der Waals surface area contributed by atoms with Crippen LogP contribution in [-0.2, 0) is 18.3 Å². The minimum Gasteiger partial charge on any atom is -0.346 e. The van der Waals surface area contributed by atoms with Crippen LogP contribution in [0.15, 0.2) is 42.5 Å². The molecular formula is C23H26ClN5O. The Labute approximate surface area is 180 Å². The predicted molar refractivity (Wildman–Crippen MR) is 121 cm³/mol. The average Bonchev–Trinajstić information content (AvgIpc) is 3.24. The summed E-state index contributed by atoms with van der Waals surface area (Å²) in [6.07, 6.45) is 0.916. The zero-order chi connectivity index (χ0) is 21.4. The first-order valence-electron chi connectivity index (χ1n) is 10.2. The first kappa shape index (κ1) is 20.4. The van der Waals surface area contributed by atoms with Crippen molar-refractivity contribution in [3.8, 4) is 0 Å². The molecule has 2 aromatic carbocycles. The summed E-state index contributed by atoms with van der Waals surface area (Å²) >= 11 is 6.07. The second kappa shape index (κ2) is 8.11. The summed E-state index contributed by atoms with van der Waals surface area (Å²) in [4.78, 5) is 22.1. The smallest absolute Gasteiger partial charge is 0.221 e. The van der Waals surface area contributed by atoms with Crippen molar-refractivity contribution in [2.45, 2.75) is 45.7 Å². The molecule has 1 amide bonds. The Balaban J connectivity index is 1.48. The highest BCUT2D eigenvalue weighted by molar-refractivity contribution is 6.31. The number of para-hydroxylation sites is 2. The third kappa shape index (κ3) is 3.79. The Kier molecular flexibility index (Phi) is 5.52. The van der Waals surface area contributed by atoms with Crippen LogP contribution in [0.5, 0.6) is 0 Å². The van der Waals surface area contributed by atoms with E-state index in [1.165, 1.54) is 0 Å². The van der Waals surface area contributed by atoms with E-state index < -0.39 is 0 Å². The molecule has 0 unspecified atom stereocenters. The van der Waals surface area contributed by atoms with E-state index in [1.54, 1.807) is 0 Å². The third-order valence-corrected chi connectivity index (χ3v) is 5.65. The zero-order valence-electron chi connectivity index (χ0n) is 17.7. The molecule has 156 valence electrons. The van der Waals surface area contributed by atoms with Crippen LogP contribution in [0.25, 0.3) is 22.1 Å². The standard InChI is InChI=1S/C23H26ClN5O/c1-14(2)29-20-8-6-5-7-17(20)27-23(29)15(3)25-22(30)12-11-21-26-18-13-16(24)9-10-19(18)28(21)4/h5-10,13-15H,11-12H2,1-4H3,(H,25,30)/t15-/m1/s1. The number of aryl methyl sites for hydroxylation is 2. The van der Waals surface area contributed by atoms with Gasteiger partial charge in [-0.2, -0.15) is 0 Å². The van der Waals surface area contributed by atoms with Crippen molar-refractivity contribution < 1.29 is 4.79 Å². The fourth-order valence-corrected chi connectivity index (χ4v) is 4.13. The summed E-state index contributed by atoms with van der Waals surface area (Å²) in [5, 5.41) is 3.76. The van der Waals surface area contributed by atoms with Gasteiger partial charge in [0, 0.05) is 31.0 Å². The van der Waals surface area contributed by atoms with E-state index in [1.807, 2.05) is 54.9 Å². The highest BCUT2D eigenvalue weighted by Crippen LogP contribution is 2.25. The van der Waals surface area contributed by atoms with Gasteiger partial charge in [0.15, 0.2) is 0 Å². The Morgan fingerprint density at radius 2 is 1.83 bits per heavy atom. The number of carbonyl (C=O) groups is 1. The maximum atomic E-state index is 12.7. The molecule has 0 saturated heterocycles. The number of nitrogens with zero attached hydrogens (tertiary/aromatic N) is 4. The first-order valence-corrected chi connectivity index (χ1v) is 10.6. The van der Waals surface area contributed by atoms with E-state index in [2.05, 4.69) is 34.8 Å². The van der Waals surface area contributed by atoms with Gasteiger partial charge in [-0.25, -0.2) is 9.97 Å². The quantitative estimate of drug-likeness (QED) is 0.476. The number of carbonyl (C=O) groups excluding carboxylic acids is 1. The van der Waals surface area contributed by atoms with Gasteiger partial charge in [0.1, 0.15) is 11.6 Å². The van der Waals surface area contributed by atoms with Crippen molar-refractivity contribution >= 4 is 39.6 Å². The third-order valence-electron chi connectivity index (χ3n) is 5.42. The molecule has 1 N–H and O–H groups in total. The number of hydrogen-bond donors (Lipinski definition) is 1. The largest absolute Gasteiger partial charge is 0.346 e. The monoisotopic (exact) mass is 423 g/mol. The molecule has 2 heterocycles. The first-order chi connectivity index (χ1) is 14.3. The fourth-order valence-electron chi connectivity index (χ4n) is 3.96. The Morgan fingerprint density at radius 3 is 2.60 bits per heavy atom. The van der Waals surface area contributed by atoms with Crippen LogP contribution in [0.2, 0.25) is 5.02 Å². The van der Waals surface area contributed by atoms with Gasteiger partial charge >= 0.3 is 0 Å². The normalized spacial score (nSPS) is 12.7. The van der Waals surface area contributed by atoms with Crippen molar-refractivity contribution in [1.82, 2.24) is 24.4 Å². The lowest BCUT2D eigenvalue weighted by atomic mass is 10.2. The van der Waals surface area contributed by atoms with Crippen molar-refractivity contribution in [3.63, 3.8) is 0 Å². The number of benzene rings is 2. The molecular weight excluding hydrogens is 398 g/mol. The lowest BCUT2D eigenvalue weighted by Gasteiger charge is -2.18.